The quantitative estimate of drug-likeness (QED) is 0.732. The molecule has 0 radical (unpaired) electrons. The molecule has 1 fully saturated rings. The second kappa shape index (κ2) is 7.33. The third-order valence-electron chi connectivity index (χ3n) is 3.17. The van der Waals surface area contributed by atoms with Gasteiger partial charge in [-0.1, -0.05) is 12.7 Å². The van der Waals surface area contributed by atoms with Crippen LogP contribution in [-0.2, 0) is 9.47 Å². The molecule has 1 heterocycles. The maximum Gasteiger partial charge on any atom is 0.410 e. The smallest absolute Gasteiger partial charge is 0.410 e. The van der Waals surface area contributed by atoms with Crippen molar-refractivity contribution in [1.29, 1.82) is 0 Å². The van der Waals surface area contributed by atoms with Crippen molar-refractivity contribution in [3.05, 3.63) is 12.7 Å². The topological polar surface area (TPSA) is 59.1 Å². The Kier molecular flexibility index (Phi) is 6.05. The zero-order valence-electron chi connectivity index (χ0n) is 13.4. The van der Waals surface area contributed by atoms with Crippen LogP contribution < -0.4 is 0 Å². The van der Waals surface area contributed by atoms with Gasteiger partial charge in [-0.15, -0.1) is 0 Å². The average molecular weight is 298 g/mol. The minimum Gasteiger partial charge on any atom is -0.445 e. The van der Waals surface area contributed by atoms with Crippen molar-refractivity contribution >= 4 is 12.2 Å². The summed E-state index contributed by atoms with van der Waals surface area (Å²) in [4.78, 5) is 27.1. The molecule has 0 aromatic heterocycles. The molecule has 0 bridgehead atoms. The fourth-order valence-electron chi connectivity index (χ4n) is 2.00. The highest BCUT2D eigenvalue weighted by atomic mass is 16.6. The second-order valence-corrected chi connectivity index (χ2v) is 6.02. The Labute approximate surface area is 126 Å². The molecule has 1 saturated heterocycles. The third-order valence-corrected chi connectivity index (χ3v) is 3.17. The Bertz CT molecular complexity index is 390. The Morgan fingerprint density at radius 3 is 2.52 bits per heavy atom. The van der Waals surface area contributed by atoms with E-state index in [4.69, 9.17) is 9.47 Å². The number of hydrogen-bond donors (Lipinski definition) is 0. The van der Waals surface area contributed by atoms with E-state index < -0.39 is 5.60 Å². The van der Waals surface area contributed by atoms with Crippen LogP contribution in [0, 0.1) is 0 Å². The maximum atomic E-state index is 12.0. The van der Waals surface area contributed by atoms with Crippen LogP contribution in [0.1, 0.15) is 34.1 Å². The molecule has 0 unspecified atom stereocenters. The first-order valence-electron chi connectivity index (χ1n) is 7.30. The molecule has 2 amide bonds. The van der Waals surface area contributed by atoms with Gasteiger partial charge in [-0.05, 0) is 34.1 Å². The van der Waals surface area contributed by atoms with E-state index in [9.17, 15) is 9.59 Å². The Balaban J connectivity index is 2.51. The van der Waals surface area contributed by atoms with Gasteiger partial charge in [-0.25, -0.2) is 9.59 Å². The predicted octanol–water partition coefficient (Wildman–Crippen LogP) is 2.64. The van der Waals surface area contributed by atoms with Crippen molar-refractivity contribution in [3.63, 3.8) is 0 Å². The Morgan fingerprint density at radius 1 is 1.43 bits per heavy atom. The van der Waals surface area contributed by atoms with E-state index >= 15 is 0 Å². The maximum absolute atomic E-state index is 12.0. The van der Waals surface area contributed by atoms with Gasteiger partial charge in [0.2, 0.25) is 0 Å². The van der Waals surface area contributed by atoms with E-state index in [1.165, 1.54) is 6.08 Å². The minimum absolute atomic E-state index is 0.00363. The van der Waals surface area contributed by atoms with Gasteiger partial charge in [0.25, 0.3) is 0 Å². The molecule has 1 aliphatic heterocycles. The highest BCUT2D eigenvalue weighted by Crippen LogP contribution is 2.22. The van der Waals surface area contributed by atoms with E-state index in [-0.39, 0.29) is 24.8 Å². The number of carbonyl (C=O) groups is 2. The number of nitrogens with zero attached hydrogens (tertiary/aromatic N) is 2. The van der Waals surface area contributed by atoms with Crippen LogP contribution in [0.3, 0.4) is 0 Å². The van der Waals surface area contributed by atoms with Crippen molar-refractivity contribution in [2.24, 2.45) is 0 Å². The summed E-state index contributed by atoms with van der Waals surface area (Å²) in [6.07, 6.45) is 1.69. The molecule has 6 nitrogen and oxygen atoms in total. The third kappa shape index (κ3) is 5.28. The average Bonchev–Trinajstić information content (AvgIpc) is 2.33. The molecule has 0 aromatic carbocycles. The summed E-state index contributed by atoms with van der Waals surface area (Å²) in [5, 5.41) is 0. The molecule has 1 rings (SSSR count). The number of amides is 2. The molecule has 0 aromatic rings. The van der Waals surface area contributed by atoms with Gasteiger partial charge < -0.3 is 19.3 Å². The number of rotatable bonds is 5. The zero-order chi connectivity index (χ0) is 16.0. The first-order chi connectivity index (χ1) is 9.78. The normalized spacial score (nSPS) is 17.7. The summed E-state index contributed by atoms with van der Waals surface area (Å²) in [5.74, 6) is 0. The molecule has 0 N–H and O–H groups in total. The molecule has 21 heavy (non-hydrogen) atoms. The molecule has 0 aliphatic carbocycles. The molecule has 0 spiro atoms. The Hall–Kier alpha value is -1.72. The summed E-state index contributed by atoms with van der Waals surface area (Å²) < 4.78 is 10.4. The van der Waals surface area contributed by atoms with Gasteiger partial charge in [0.05, 0.1) is 6.04 Å². The van der Waals surface area contributed by atoms with Crippen molar-refractivity contribution in [2.45, 2.75) is 45.8 Å². The largest absolute Gasteiger partial charge is 0.445 e. The standard InChI is InChI=1S/C15H26N2O4/c1-6-10-20-13(18)16(7-2)11-12-8-9-17(12)14(19)21-15(3,4)5/h6,12H,1,7-11H2,2-5H3/t12-/m0/s1. The molecular formula is C15H26N2O4. The lowest BCUT2D eigenvalue weighted by Crippen LogP contribution is -2.57. The van der Waals surface area contributed by atoms with Gasteiger partial charge in [0, 0.05) is 19.6 Å². The minimum atomic E-state index is -0.509. The fourth-order valence-corrected chi connectivity index (χ4v) is 2.00. The van der Waals surface area contributed by atoms with Crippen molar-refractivity contribution in [2.75, 3.05) is 26.2 Å². The number of carbonyl (C=O) groups excluding carboxylic acids is 2. The number of ether oxygens (including phenoxy) is 2. The molecular weight excluding hydrogens is 272 g/mol. The van der Waals surface area contributed by atoms with Crippen LogP contribution >= 0.6 is 0 Å². The van der Waals surface area contributed by atoms with Gasteiger partial charge in [-0.3, -0.25) is 0 Å². The number of likely N-dealkylation sites (tertiary alicyclic amines) is 1. The lowest BCUT2D eigenvalue weighted by atomic mass is 10.0. The lowest BCUT2D eigenvalue weighted by molar-refractivity contribution is -0.0118. The van der Waals surface area contributed by atoms with Crippen LogP contribution in [0.25, 0.3) is 0 Å². The molecule has 0 saturated carbocycles. The monoisotopic (exact) mass is 298 g/mol. The van der Waals surface area contributed by atoms with Gasteiger partial charge in [-0.2, -0.15) is 0 Å². The molecule has 120 valence electrons. The van der Waals surface area contributed by atoms with Crippen LogP contribution in [-0.4, -0.2) is 59.9 Å². The van der Waals surface area contributed by atoms with E-state index in [2.05, 4.69) is 6.58 Å². The van der Waals surface area contributed by atoms with Crippen molar-refractivity contribution in [1.82, 2.24) is 9.80 Å². The number of hydrogen-bond acceptors (Lipinski definition) is 4. The van der Waals surface area contributed by atoms with Crippen LogP contribution in [0.4, 0.5) is 9.59 Å². The van der Waals surface area contributed by atoms with Gasteiger partial charge in [0.15, 0.2) is 0 Å². The van der Waals surface area contributed by atoms with Crippen LogP contribution in [0.5, 0.6) is 0 Å². The summed E-state index contributed by atoms with van der Waals surface area (Å²) in [5.41, 5.74) is -0.509. The first kappa shape index (κ1) is 17.3. The van der Waals surface area contributed by atoms with Gasteiger partial charge in [0.1, 0.15) is 12.2 Å². The van der Waals surface area contributed by atoms with E-state index in [0.29, 0.717) is 19.6 Å². The summed E-state index contributed by atoms with van der Waals surface area (Å²) in [6, 6.07) is -0.00363. The number of likely N-dealkylation sites (N-methyl/N-ethyl adjacent to an activating group) is 1. The van der Waals surface area contributed by atoms with E-state index in [1.807, 2.05) is 27.7 Å². The van der Waals surface area contributed by atoms with Crippen molar-refractivity contribution < 1.29 is 19.1 Å². The Morgan fingerprint density at radius 2 is 2.10 bits per heavy atom. The van der Waals surface area contributed by atoms with E-state index in [1.54, 1.807) is 9.80 Å². The van der Waals surface area contributed by atoms with Crippen LogP contribution in [0.2, 0.25) is 0 Å². The zero-order valence-corrected chi connectivity index (χ0v) is 13.4. The van der Waals surface area contributed by atoms with E-state index in [0.717, 1.165) is 6.42 Å². The SMILES string of the molecule is C=CCOC(=O)N(CC)C[C@@H]1CCN1C(=O)OC(C)(C)C. The predicted molar refractivity (Wildman–Crippen MR) is 80.1 cm³/mol. The molecule has 6 heteroatoms. The summed E-state index contributed by atoms with van der Waals surface area (Å²) >= 11 is 0. The molecule has 1 atom stereocenters. The highest BCUT2D eigenvalue weighted by Gasteiger charge is 2.36. The van der Waals surface area contributed by atoms with Crippen LogP contribution in [0.15, 0.2) is 12.7 Å². The molecule has 1 aliphatic rings. The first-order valence-corrected chi connectivity index (χ1v) is 7.30. The lowest BCUT2D eigenvalue weighted by Gasteiger charge is -2.43. The van der Waals surface area contributed by atoms with Crippen molar-refractivity contribution in [3.8, 4) is 0 Å². The second-order valence-electron chi connectivity index (χ2n) is 6.02. The summed E-state index contributed by atoms with van der Waals surface area (Å²) in [6.45, 7) is 12.8. The van der Waals surface area contributed by atoms with Gasteiger partial charge >= 0.3 is 12.2 Å². The fraction of sp³-hybridized carbons (Fsp3) is 0.733. The highest BCUT2D eigenvalue weighted by molar-refractivity contribution is 5.70. The summed E-state index contributed by atoms with van der Waals surface area (Å²) in [7, 11) is 0.